The van der Waals surface area contributed by atoms with Gasteiger partial charge in [-0.1, -0.05) is 42.2 Å². The Kier molecular flexibility index (Phi) is 7.64. The SMILES string of the molecule is CC(NC(=O)c1c(N)[nH][n+]2cccnc12)c1cc2cccc(C#Cc3cnn(C)c3C(C)S(N)(=O)=O)c2c(=O)n1-c1ccccc1. The predicted molar refractivity (Wildman–Crippen MR) is 172 cm³/mol. The molecule has 0 fully saturated rings. The van der Waals surface area contributed by atoms with Gasteiger partial charge < -0.3 is 11.1 Å². The van der Waals surface area contributed by atoms with Crippen molar-refractivity contribution in [3.63, 3.8) is 0 Å². The van der Waals surface area contributed by atoms with Crippen molar-refractivity contribution in [1.82, 2.24) is 29.7 Å². The molecule has 4 aromatic heterocycles. The smallest absolute Gasteiger partial charge is 0.362 e. The second-order valence-electron chi connectivity index (χ2n) is 10.8. The number of pyridine rings is 1. The average molecular weight is 637 g/mol. The first kappa shape index (κ1) is 30.3. The number of aryl methyl sites for hydroxylation is 1. The Morgan fingerprint density at radius 2 is 1.80 bits per heavy atom. The van der Waals surface area contributed by atoms with Crippen LogP contribution < -0.4 is 26.3 Å². The number of fused-ring (bicyclic) bond motifs is 2. The molecule has 0 aliphatic carbocycles. The molecule has 232 valence electrons. The van der Waals surface area contributed by atoms with Gasteiger partial charge in [-0.2, -0.15) is 5.10 Å². The van der Waals surface area contributed by atoms with Crippen LogP contribution in [0.1, 0.15) is 58.0 Å². The van der Waals surface area contributed by atoms with Gasteiger partial charge in [0.2, 0.25) is 10.0 Å². The number of primary sulfonamides is 1. The van der Waals surface area contributed by atoms with Crippen molar-refractivity contribution in [3.05, 3.63) is 118 Å². The van der Waals surface area contributed by atoms with Crippen LogP contribution in [0.25, 0.3) is 22.1 Å². The first-order valence-electron chi connectivity index (χ1n) is 14.2. The standard InChI is InChI=1S/C32H29N9O4S/c1-19(37-31(42)27-29(33)38-40-16-8-15-35-30(27)40)25-17-22-10-7-9-21(26(22)32(43)41(25)24-11-5-4-6-12-24)13-14-23-18-36-39(3)28(23)20(2)46(34,44)45/h4-12,15-20H,1-3H3,(H5,33,34,37,38,42,44,45)/p+1. The number of nitrogens with one attached hydrogen (secondary N) is 2. The van der Waals surface area contributed by atoms with E-state index < -0.39 is 27.2 Å². The summed E-state index contributed by atoms with van der Waals surface area (Å²) in [6, 6.07) is 17.3. The van der Waals surface area contributed by atoms with Crippen molar-refractivity contribution in [1.29, 1.82) is 0 Å². The topological polar surface area (TPSA) is 188 Å². The second kappa shape index (κ2) is 11.6. The van der Waals surface area contributed by atoms with E-state index in [4.69, 9.17) is 10.9 Å². The Balaban J connectivity index is 1.47. The van der Waals surface area contributed by atoms with Crippen LogP contribution in [0.5, 0.6) is 0 Å². The first-order chi connectivity index (χ1) is 22.0. The normalized spacial score (nSPS) is 12.9. The minimum atomic E-state index is -3.91. The third-order valence-electron chi connectivity index (χ3n) is 7.78. The Hall–Kier alpha value is -5.78. The van der Waals surface area contributed by atoms with Crippen molar-refractivity contribution in [2.45, 2.75) is 25.1 Å². The lowest BCUT2D eigenvalue weighted by Crippen LogP contribution is -2.33. The van der Waals surface area contributed by atoms with E-state index in [1.807, 2.05) is 24.3 Å². The number of aromatic nitrogens is 6. The van der Waals surface area contributed by atoms with Gasteiger partial charge in [0.1, 0.15) is 17.6 Å². The van der Waals surface area contributed by atoms with Crippen molar-refractivity contribution < 1.29 is 17.7 Å². The van der Waals surface area contributed by atoms with Crippen LogP contribution in [0.4, 0.5) is 5.82 Å². The molecule has 13 nitrogen and oxygen atoms in total. The minimum Gasteiger partial charge on any atom is -0.382 e. The van der Waals surface area contributed by atoms with Crippen molar-refractivity contribution >= 4 is 38.2 Å². The number of carbonyl (C=O) groups excluding carboxylic acids is 1. The fourth-order valence-electron chi connectivity index (χ4n) is 5.48. The van der Waals surface area contributed by atoms with Gasteiger partial charge >= 0.3 is 5.65 Å². The van der Waals surface area contributed by atoms with E-state index in [2.05, 4.69) is 32.3 Å². The van der Waals surface area contributed by atoms with E-state index in [1.165, 1.54) is 17.8 Å². The van der Waals surface area contributed by atoms with Gasteiger partial charge in [-0.25, -0.2) is 18.7 Å². The number of H-pyrrole nitrogens is 1. The molecule has 2 atom stereocenters. The quantitative estimate of drug-likeness (QED) is 0.159. The van der Waals surface area contributed by atoms with Gasteiger partial charge in [-0.05, 0) is 48.5 Å². The van der Waals surface area contributed by atoms with E-state index in [0.717, 1.165) is 0 Å². The summed E-state index contributed by atoms with van der Waals surface area (Å²) in [7, 11) is -2.29. The molecule has 0 spiro atoms. The highest BCUT2D eigenvalue weighted by atomic mass is 32.2. The fourth-order valence-corrected chi connectivity index (χ4v) is 6.07. The fraction of sp³-hybridized carbons (Fsp3) is 0.156. The number of nitrogens with two attached hydrogens (primary N) is 2. The molecule has 46 heavy (non-hydrogen) atoms. The number of hydrogen-bond donors (Lipinski definition) is 4. The molecule has 0 aliphatic heterocycles. The number of rotatable bonds is 6. The van der Waals surface area contributed by atoms with Crippen molar-refractivity contribution in [2.24, 2.45) is 12.2 Å². The lowest BCUT2D eigenvalue weighted by Gasteiger charge is -2.21. The number of para-hydroxylation sites is 1. The number of nitrogen functional groups attached to an aromatic ring is 1. The van der Waals surface area contributed by atoms with Gasteiger partial charge in [-0.15, -0.1) is 4.52 Å². The number of benzene rings is 2. The molecular weight excluding hydrogens is 606 g/mol. The van der Waals surface area contributed by atoms with Crippen molar-refractivity contribution in [2.75, 3.05) is 5.73 Å². The van der Waals surface area contributed by atoms with Crippen LogP contribution in [-0.4, -0.2) is 38.8 Å². The van der Waals surface area contributed by atoms with Crippen LogP contribution >= 0.6 is 0 Å². The third kappa shape index (κ3) is 5.38. The zero-order valence-electron chi connectivity index (χ0n) is 25.1. The Morgan fingerprint density at radius 3 is 2.54 bits per heavy atom. The highest BCUT2D eigenvalue weighted by Gasteiger charge is 2.27. The summed E-state index contributed by atoms with van der Waals surface area (Å²) in [6.07, 6.45) is 4.73. The summed E-state index contributed by atoms with van der Waals surface area (Å²) in [5.41, 5.74) is 8.60. The third-order valence-corrected chi connectivity index (χ3v) is 8.99. The van der Waals surface area contributed by atoms with Crippen molar-refractivity contribution in [3.8, 4) is 17.5 Å². The number of hydrogen-bond acceptors (Lipinski definition) is 7. The van der Waals surface area contributed by atoms with Crippen LogP contribution in [0.15, 0.2) is 84.0 Å². The number of carbonyl (C=O) groups is 1. The molecule has 6 aromatic rings. The highest BCUT2D eigenvalue weighted by molar-refractivity contribution is 7.89. The summed E-state index contributed by atoms with van der Waals surface area (Å²) >= 11 is 0. The molecule has 0 saturated heterocycles. The largest absolute Gasteiger partial charge is 0.382 e. The molecule has 1 amide bonds. The summed E-state index contributed by atoms with van der Waals surface area (Å²) in [5.74, 6) is 5.75. The zero-order valence-corrected chi connectivity index (χ0v) is 25.9. The number of aromatic amines is 1. The second-order valence-corrected chi connectivity index (χ2v) is 12.7. The van der Waals surface area contributed by atoms with E-state index in [1.54, 1.807) is 71.8 Å². The molecule has 2 unspecified atom stereocenters. The molecule has 0 saturated carbocycles. The predicted octanol–water partition coefficient (Wildman–Crippen LogP) is 2.01. The monoisotopic (exact) mass is 636 g/mol. The van der Waals surface area contributed by atoms with E-state index in [-0.39, 0.29) is 16.9 Å². The molecule has 14 heteroatoms. The maximum atomic E-state index is 14.4. The van der Waals surface area contributed by atoms with Gasteiger partial charge in [0.15, 0.2) is 11.4 Å². The molecule has 4 heterocycles. The molecule has 6 N–H and O–H groups in total. The van der Waals surface area contributed by atoms with Gasteiger partial charge in [-0.3, -0.25) is 18.8 Å². The van der Waals surface area contributed by atoms with Gasteiger partial charge in [0.05, 0.1) is 28.9 Å². The number of anilines is 1. The summed E-state index contributed by atoms with van der Waals surface area (Å²) in [4.78, 5) is 32.2. The van der Waals surface area contributed by atoms with Crippen LogP contribution in [-0.2, 0) is 17.1 Å². The van der Waals surface area contributed by atoms with E-state index in [9.17, 15) is 18.0 Å². The van der Waals surface area contributed by atoms with Crippen LogP contribution in [0.3, 0.4) is 0 Å². The van der Waals surface area contributed by atoms with Crippen LogP contribution in [0, 0.1) is 11.8 Å². The lowest BCUT2D eigenvalue weighted by molar-refractivity contribution is -0.577. The summed E-state index contributed by atoms with van der Waals surface area (Å²) < 4.78 is 28.7. The zero-order chi connectivity index (χ0) is 32.7. The van der Waals surface area contributed by atoms with Gasteiger partial charge in [0.25, 0.3) is 11.5 Å². The molecule has 2 aromatic carbocycles. The molecule has 6 rings (SSSR count). The molecule has 0 aliphatic rings. The molecule has 0 radical (unpaired) electrons. The van der Waals surface area contributed by atoms with Gasteiger partial charge in [0, 0.05) is 30.1 Å². The Morgan fingerprint density at radius 1 is 1.07 bits per heavy atom. The van der Waals surface area contributed by atoms with Crippen LogP contribution in [0.2, 0.25) is 0 Å². The maximum absolute atomic E-state index is 14.4. The number of sulfonamides is 1. The average Bonchev–Trinajstić information content (AvgIpc) is 3.57. The highest BCUT2D eigenvalue weighted by Crippen LogP contribution is 2.25. The summed E-state index contributed by atoms with van der Waals surface area (Å²) in [6.45, 7) is 3.25. The molecule has 0 bridgehead atoms. The number of amides is 1. The van der Waals surface area contributed by atoms with E-state index in [0.29, 0.717) is 44.6 Å². The Labute approximate surface area is 263 Å². The minimum absolute atomic E-state index is 0.154. The summed E-state index contributed by atoms with van der Waals surface area (Å²) in [5, 5.41) is 15.4. The Bertz CT molecular complexity index is 2380. The van der Waals surface area contributed by atoms with E-state index >= 15 is 0 Å². The number of nitrogens with zero attached hydrogens (tertiary/aromatic N) is 5. The molecular formula is C32H30N9O4S+. The first-order valence-corrected chi connectivity index (χ1v) is 15.8. The lowest BCUT2D eigenvalue weighted by atomic mass is 10.0. The maximum Gasteiger partial charge on any atom is 0.362 e.